The SMILES string of the molecule is C=C1NC(=O)C(N2C(=O)c3c(C)c(C)c(C)c(N)c3C2(C)C)C(C)(C)C1(C)C. The second-order valence-electron chi connectivity index (χ2n) is 9.99. The molecule has 3 rings (SSSR count). The summed E-state index contributed by atoms with van der Waals surface area (Å²) in [5, 5.41) is 2.93. The van der Waals surface area contributed by atoms with E-state index in [1.165, 1.54) is 0 Å². The summed E-state index contributed by atoms with van der Waals surface area (Å²) in [6, 6.07) is -0.637. The van der Waals surface area contributed by atoms with E-state index in [9.17, 15) is 9.59 Å². The molecule has 2 amide bonds. The van der Waals surface area contributed by atoms with Crippen molar-refractivity contribution in [2.24, 2.45) is 10.8 Å². The highest BCUT2D eigenvalue weighted by atomic mass is 16.2. The summed E-state index contributed by atoms with van der Waals surface area (Å²) in [5.74, 6) is -0.308. The van der Waals surface area contributed by atoms with Gasteiger partial charge in [-0.25, -0.2) is 0 Å². The molecule has 1 atom stereocenters. The van der Waals surface area contributed by atoms with Crippen molar-refractivity contribution in [3.8, 4) is 0 Å². The van der Waals surface area contributed by atoms with Gasteiger partial charge in [-0.3, -0.25) is 9.59 Å². The van der Waals surface area contributed by atoms with Crippen molar-refractivity contribution in [1.82, 2.24) is 10.2 Å². The minimum absolute atomic E-state index is 0.121. The summed E-state index contributed by atoms with van der Waals surface area (Å²) in [5.41, 5.74) is 10.7. The van der Waals surface area contributed by atoms with Gasteiger partial charge in [0.05, 0.1) is 11.1 Å². The van der Waals surface area contributed by atoms with Crippen LogP contribution in [0.2, 0.25) is 0 Å². The highest BCUT2D eigenvalue weighted by molar-refractivity contribution is 6.06. The average molecular weight is 384 g/mol. The summed E-state index contributed by atoms with van der Waals surface area (Å²) >= 11 is 0. The summed E-state index contributed by atoms with van der Waals surface area (Å²) < 4.78 is 0. The van der Waals surface area contributed by atoms with Crippen LogP contribution in [0.5, 0.6) is 0 Å². The van der Waals surface area contributed by atoms with E-state index in [1.54, 1.807) is 4.90 Å². The number of nitrogens with zero attached hydrogens (tertiary/aromatic N) is 1. The first-order chi connectivity index (χ1) is 12.6. The first-order valence-electron chi connectivity index (χ1n) is 9.83. The van der Waals surface area contributed by atoms with Crippen LogP contribution in [-0.2, 0) is 10.3 Å². The molecule has 2 aliphatic heterocycles. The molecule has 1 saturated heterocycles. The number of fused-ring (bicyclic) bond motifs is 1. The van der Waals surface area contributed by atoms with Gasteiger partial charge in [-0.2, -0.15) is 0 Å². The quantitative estimate of drug-likeness (QED) is 0.721. The number of hydrogen-bond acceptors (Lipinski definition) is 3. The van der Waals surface area contributed by atoms with Crippen molar-refractivity contribution in [3.63, 3.8) is 0 Å². The van der Waals surface area contributed by atoms with Crippen LogP contribution < -0.4 is 11.1 Å². The molecule has 3 N–H and O–H groups in total. The molecule has 0 saturated carbocycles. The topological polar surface area (TPSA) is 75.4 Å². The van der Waals surface area contributed by atoms with Gasteiger partial charge in [-0.05, 0) is 51.3 Å². The third-order valence-electron chi connectivity index (χ3n) is 7.90. The predicted molar refractivity (Wildman–Crippen MR) is 113 cm³/mol. The molecule has 0 aliphatic carbocycles. The molecule has 28 heavy (non-hydrogen) atoms. The Morgan fingerprint density at radius 2 is 1.50 bits per heavy atom. The normalized spacial score (nSPS) is 25.0. The number of amides is 2. The lowest BCUT2D eigenvalue weighted by molar-refractivity contribution is -0.140. The molecular weight excluding hydrogens is 350 g/mol. The monoisotopic (exact) mass is 383 g/mol. The molecule has 1 fully saturated rings. The van der Waals surface area contributed by atoms with Gasteiger partial charge in [0, 0.05) is 27.8 Å². The van der Waals surface area contributed by atoms with E-state index in [4.69, 9.17) is 5.73 Å². The van der Waals surface area contributed by atoms with Crippen molar-refractivity contribution in [1.29, 1.82) is 0 Å². The van der Waals surface area contributed by atoms with Gasteiger partial charge in [0.1, 0.15) is 6.04 Å². The van der Waals surface area contributed by atoms with Crippen LogP contribution in [0.1, 0.15) is 74.2 Å². The first-order valence-corrected chi connectivity index (χ1v) is 9.83. The smallest absolute Gasteiger partial charge is 0.255 e. The zero-order chi connectivity index (χ0) is 21.6. The van der Waals surface area contributed by atoms with Crippen LogP contribution in [0.3, 0.4) is 0 Å². The number of carbonyl (C=O) groups excluding carboxylic acids is 2. The molecule has 2 heterocycles. The first kappa shape index (κ1) is 20.4. The lowest BCUT2D eigenvalue weighted by Gasteiger charge is -2.55. The van der Waals surface area contributed by atoms with Crippen LogP contribution in [0.15, 0.2) is 12.3 Å². The number of piperidine rings is 1. The zero-order valence-corrected chi connectivity index (χ0v) is 18.6. The Balaban J connectivity index is 2.29. The standard InChI is InChI=1S/C23H33N3O2/c1-11-12(2)15-16(17(24)13(11)3)23(9,10)26(20(15)28)18-19(27)25-14(4)21(5,6)22(18,7)8/h18H,4,24H2,1-3,5-10H3,(H,25,27). The number of carbonyl (C=O) groups is 2. The van der Waals surface area contributed by atoms with E-state index >= 15 is 0 Å². The van der Waals surface area contributed by atoms with Crippen LogP contribution in [0.25, 0.3) is 0 Å². The third-order valence-corrected chi connectivity index (χ3v) is 7.90. The maximum absolute atomic E-state index is 13.7. The Hall–Kier alpha value is -2.30. The second kappa shape index (κ2) is 5.62. The third kappa shape index (κ3) is 2.19. The van der Waals surface area contributed by atoms with Gasteiger partial charge < -0.3 is 16.0 Å². The van der Waals surface area contributed by atoms with E-state index in [2.05, 4.69) is 25.7 Å². The number of benzene rings is 1. The van der Waals surface area contributed by atoms with Gasteiger partial charge >= 0.3 is 0 Å². The number of nitrogen functional groups attached to an aromatic ring is 1. The van der Waals surface area contributed by atoms with E-state index in [0.717, 1.165) is 22.3 Å². The van der Waals surface area contributed by atoms with Gasteiger partial charge in [-0.1, -0.05) is 34.3 Å². The number of hydrogen-bond donors (Lipinski definition) is 2. The van der Waals surface area contributed by atoms with Gasteiger partial charge in [-0.15, -0.1) is 0 Å². The molecule has 0 radical (unpaired) electrons. The molecule has 5 nitrogen and oxygen atoms in total. The Bertz CT molecular complexity index is 938. The Morgan fingerprint density at radius 1 is 0.964 bits per heavy atom. The number of allylic oxidation sites excluding steroid dienone is 1. The highest BCUT2D eigenvalue weighted by Gasteiger charge is 2.60. The molecule has 1 aromatic rings. The van der Waals surface area contributed by atoms with Gasteiger partial charge in [0.2, 0.25) is 5.91 Å². The lowest BCUT2D eigenvalue weighted by atomic mass is 9.59. The molecule has 152 valence electrons. The van der Waals surface area contributed by atoms with E-state index in [0.29, 0.717) is 16.9 Å². The van der Waals surface area contributed by atoms with Gasteiger partial charge in [0.25, 0.3) is 5.91 Å². The van der Waals surface area contributed by atoms with Crippen LogP contribution in [0.4, 0.5) is 5.69 Å². The van der Waals surface area contributed by atoms with Crippen molar-refractivity contribution in [2.45, 2.75) is 73.9 Å². The Kier molecular flexibility index (Phi) is 4.10. The Labute approximate surface area is 168 Å². The lowest BCUT2D eigenvalue weighted by Crippen LogP contribution is -2.67. The Morgan fingerprint density at radius 3 is 2.04 bits per heavy atom. The minimum Gasteiger partial charge on any atom is -0.398 e. The molecule has 5 heteroatoms. The second-order valence-corrected chi connectivity index (χ2v) is 9.99. The zero-order valence-electron chi connectivity index (χ0n) is 18.6. The maximum Gasteiger partial charge on any atom is 0.255 e. The molecule has 0 aromatic heterocycles. The number of nitrogens with one attached hydrogen (secondary N) is 1. The van der Waals surface area contributed by atoms with Crippen molar-refractivity contribution in [2.75, 3.05) is 5.73 Å². The summed E-state index contributed by atoms with van der Waals surface area (Å²) in [6.45, 7) is 22.2. The fraction of sp³-hybridized carbons (Fsp3) is 0.565. The predicted octanol–water partition coefficient (Wildman–Crippen LogP) is 3.95. The minimum atomic E-state index is -0.701. The molecule has 0 bridgehead atoms. The summed E-state index contributed by atoms with van der Waals surface area (Å²) in [4.78, 5) is 28.7. The van der Waals surface area contributed by atoms with Crippen molar-refractivity contribution in [3.05, 3.63) is 40.1 Å². The van der Waals surface area contributed by atoms with E-state index in [1.807, 2.05) is 48.5 Å². The fourth-order valence-electron chi connectivity index (χ4n) is 4.89. The average Bonchev–Trinajstić information content (AvgIpc) is 2.77. The van der Waals surface area contributed by atoms with Crippen LogP contribution in [0, 0.1) is 31.6 Å². The van der Waals surface area contributed by atoms with Crippen LogP contribution in [-0.4, -0.2) is 22.8 Å². The summed E-state index contributed by atoms with van der Waals surface area (Å²) in [6.07, 6.45) is 0. The number of nitrogens with two attached hydrogens (primary N) is 1. The molecule has 0 spiro atoms. The molecular formula is C23H33N3O2. The van der Waals surface area contributed by atoms with Crippen molar-refractivity contribution < 1.29 is 9.59 Å². The van der Waals surface area contributed by atoms with E-state index in [-0.39, 0.29) is 17.2 Å². The van der Waals surface area contributed by atoms with Gasteiger partial charge in [0.15, 0.2) is 0 Å². The fourth-order valence-corrected chi connectivity index (χ4v) is 4.89. The van der Waals surface area contributed by atoms with Crippen LogP contribution >= 0.6 is 0 Å². The number of rotatable bonds is 1. The van der Waals surface area contributed by atoms with E-state index < -0.39 is 17.0 Å². The highest BCUT2D eigenvalue weighted by Crippen LogP contribution is 2.55. The molecule has 2 aliphatic rings. The molecule has 1 unspecified atom stereocenters. The largest absolute Gasteiger partial charge is 0.398 e. The number of anilines is 1. The maximum atomic E-state index is 13.7. The van der Waals surface area contributed by atoms with Crippen molar-refractivity contribution >= 4 is 17.5 Å². The molecule has 1 aromatic carbocycles. The summed E-state index contributed by atoms with van der Waals surface area (Å²) in [7, 11) is 0.